The fourth-order valence-electron chi connectivity index (χ4n) is 2.11. The molecule has 0 amide bonds. The summed E-state index contributed by atoms with van der Waals surface area (Å²) in [5, 5.41) is 0. The first-order valence-electron chi connectivity index (χ1n) is 5.65. The number of aromatic nitrogens is 2. The van der Waals surface area contributed by atoms with Gasteiger partial charge >= 0.3 is 0 Å². The third kappa shape index (κ3) is 2.61. The Bertz CT molecular complexity index is 407. The Kier molecular flexibility index (Phi) is 3.24. The van der Waals surface area contributed by atoms with Gasteiger partial charge in [0.25, 0.3) is 5.56 Å². The molecule has 0 saturated carbocycles. The second kappa shape index (κ2) is 4.65. The molecule has 2 heterocycles. The van der Waals surface area contributed by atoms with Crippen molar-refractivity contribution >= 4 is 5.69 Å². The van der Waals surface area contributed by atoms with Gasteiger partial charge in [0.15, 0.2) is 0 Å². The standard InChI is InChI=1S/C11H18N4O/c1-14-4-2-9(3-5-14)6-15-7-10(12)11(16)13-8-15/h7-9H,2-6,12H2,1H3. The second-order valence-electron chi connectivity index (χ2n) is 4.58. The minimum Gasteiger partial charge on any atom is -0.393 e. The molecule has 1 aliphatic heterocycles. The quantitative estimate of drug-likeness (QED) is 0.774. The first-order chi connectivity index (χ1) is 7.65. The maximum atomic E-state index is 11.1. The molecular formula is C11H18N4O. The first-order valence-corrected chi connectivity index (χ1v) is 5.65. The van der Waals surface area contributed by atoms with E-state index in [0.29, 0.717) is 5.92 Å². The van der Waals surface area contributed by atoms with Gasteiger partial charge in [-0.25, -0.2) is 0 Å². The predicted octanol–water partition coefficient (Wildman–Crippen LogP) is 0.167. The molecule has 2 rings (SSSR count). The molecule has 1 aromatic rings. The highest BCUT2D eigenvalue weighted by Crippen LogP contribution is 2.17. The fraction of sp³-hybridized carbons (Fsp3) is 0.636. The van der Waals surface area contributed by atoms with Gasteiger partial charge in [-0.15, -0.1) is 0 Å². The van der Waals surface area contributed by atoms with Crippen molar-refractivity contribution in [1.82, 2.24) is 14.5 Å². The van der Waals surface area contributed by atoms with Crippen LogP contribution in [0.2, 0.25) is 0 Å². The lowest BCUT2D eigenvalue weighted by atomic mass is 9.97. The smallest absolute Gasteiger partial charge is 0.295 e. The molecular weight excluding hydrogens is 204 g/mol. The molecule has 5 heteroatoms. The zero-order valence-corrected chi connectivity index (χ0v) is 9.59. The summed E-state index contributed by atoms with van der Waals surface area (Å²) >= 11 is 0. The predicted molar refractivity (Wildman–Crippen MR) is 63.1 cm³/mol. The zero-order valence-electron chi connectivity index (χ0n) is 9.59. The summed E-state index contributed by atoms with van der Waals surface area (Å²) in [5.74, 6) is 0.667. The van der Waals surface area contributed by atoms with Crippen LogP contribution in [0.1, 0.15) is 12.8 Å². The van der Waals surface area contributed by atoms with Crippen molar-refractivity contribution in [2.45, 2.75) is 19.4 Å². The van der Waals surface area contributed by atoms with E-state index in [2.05, 4.69) is 16.9 Å². The molecule has 0 spiro atoms. The van der Waals surface area contributed by atoms with E-state index in [0.717, 1.165) is 19.6 Å². The molecule has 0 bridgehead atoms. The van der Waals surface area contributed by atoms with Gasteiger partial charge in [0.1, 0.15) is 5.69 Å². The fourth-order valence-corrected chi connectivity index (χ4v) is 2.11. The van der Waals surface area contributed by atoms with E-state index in [1.165, 1.54) is 12.8 Å². The van der Waals surface area contributed by atoms with Crippen LogP contribution in [0.5, 0.6) is 0 Å². The Morgan fingerprint density at radius 3 is 2.81 bits per heavy atom. The van der Waals surface area contributed by atoms with Crippen molar-refractivity contribution in [2.75, 3.05) is 25.9 Å². The summed E-state index contributed by atoms with van der Waals surface area (Å²) < 4.78 is 1.92. The van der Waals surface area contributed by atoms with Gasteiger partial charge in [-0.1, -0.05) is 0 Å². The summed E-state index contributed by atoms with van der Waals surface area (Å²) in [4.78, 5) is 17.1. The van der Waals surface area contributed by atoms with Crippen LogP contribution < -0.4 is 11.3 Å². The summed E-state index contributed by atoms with van der Waals surface area (Å²) in [6.45, 7) is 3.20. The highest BCUT2D eigenvalue weighted by molar-refractivity contribution is 5.30. The lowest BCUT2D eigenvalue weighted by Crippen LogP contribution is -2.32. The number of nitrogens with zero attached hydrogens (tertiary/aromatic N) is 3. The molecule has 16 heavy (non-hydrogen) atoms. The number of rotatable bonds is 2. The van der Waals surface area contributed by atoms with Gasteiger partial charge in [-0.2, -0.15) is 4.98 Å². The summed E-state index contributed by atoms with van der Waals surface area (Å²) in [7, 11) is 2.15. The van der Waals surface area contributed by atoms with Crippen molar-refractivity contribution < 1.29 is 0 Å². The number of nitrogen functional groups attached to an aromatic ring is 1. The van der Waals surface area contributed by atoms with Gasteiger partial charge in [0.05, 0.1) is 6.33 Å². The molecule has 5 nitrogen and oxygen atoms in total. The van der Waals surface area contributed by atoms with Crippen LogP contribution in [0.25, 0.3) is 0 Å². The van der Waals surface area contributed by atoms with Crippen LogP contribution in [0.3, 0.4) is 0 Å². The first kappa shape index (κ1) is 11.1. The van der Waals surface area contributed by atoms with Gasteiger partial charge in [-0.3, -0.25) is 4.79 Å². The van der Waals surface area contributed by atoms with E-state index >= 15 is 0 Å². The lowest BCUT2D eigenvalue weighted by molar-refractivity contribution is 0.204. The van der Waals surface area contributed by atoms with E-state index in [1.54, 1.807) is 12.5 Å². The van der Waals surface area contributed by atoms with Gasteiger partial charge in [-0.05, 0) is 38.9 Å². The number of anilines is 1. The second-order valence-corrected chi connectivity index (χ2v) is 4.58. The van der Waals surface area contributed by atoms with Crippen molar-refractivity contribution in [1.29, 1.82) is 0 Å². The monoisotopic (exact) mass is 222 g/mol. The molecule has 1 saturated heterocycles. The van der Waals surface area contributed by atoms with Crippen molar-refractivity contribution in [3.05, 3.63) is 22.9 Å². The molecule has 1 fully saturated rings. The van der Waals surface area contributed by atoms with E-state index in [9.17, 15) is 4.79 Å². The van der Waals surface area contributed by atoms with E-state index in [4.69, 9.17) is 5.73 Å². The molecule has 0 aromatic carbocycles. The number of nitrogens with two attached hydrogens (primary N) is 1. The van der Waals surface area contributed by atoms with Gasteiger partial charge in [0.2, 0.25) is 0 Å². The lowest BCUT2D eigenvalue weighted by Gasteiger charge is -2.29. The highest BCUT2D eigenvalue weighted by Gasteiger charge is 2.16. The molecule has 1 aromatic heterocycles. The molecule has 0 radical (unpaired) electrons. The van der Waals surface area contributed by atoms with Crippen molar-refractivity contribution in [3.63, 3.8) is 0 Å². The van der Waals surface area contributed by atoms with Crippen LogP contribution in [0.4, 0.5) is 5.69 Å². The summed E-state index contributed by atoms with van der Waals surface area (Å²) in [6.07, 6.45) is 5.66. The molecule has 1 aliphatic rings. The van der Waals surface area contributed by atoms with Gasteiger partial charge < -0.3 is 15.2 Å². The minimum absolute atomic E-state index is 0.232. The Morgan fingerprint density at radius 2 is 2.19 bits per heavy atom. The maximum absolute atomic E-state index is 11.1. The third-order valence-corrected chi connectivity index (χ3v) is 3.18. The Labute approximate surface area is 94.9 Å². The summed E-state index contributed by atoms with van der Waals surface area (Å²) in [6, 6.07) is 0. The normalized spacial score (nSPS) is 18.8. The van der Waals surface area contributed by atoms with E-state index in [1.807, 2.05) is 4.57 Å². The van der Waals surface area contributed by atoms with Crippen LogP contribution in [-0.4, -0.2) is 34.6 Å². The minimum atomic E-state index is -0.334. The number of piperidine rings is 1. The molecule has 2 N–H and O–H groups in total. The molecule has 0 atom stereocenters. The van der Waals surface area contributed by atoms with Crippen molar-refractivity contribution in [3.8, 4) is 0 Å². The summed E-state index contributed by atoms with van der Waals surface area (Å²) in [5.41, 5.74) is 5.44. The molecule has 88 valence electrons. The highest BCUT2D eigenvalue weighted by atomic mass is 16.1. The van der Waals surface area contributed by atoms with Crippen LogP contribution in [0, 0.1) is 5.92 Å². The largest absolute Gasteiger partial charge is 0.393 e. The van der Waals surface area contributed by atoms with Gasteiger partial charge in [0, 0.05) is 12.7 Å². The maximum Gasteiger partial charge on any atom is 0.295 e. The average Bonchev–Trinajstić information content (AvgIpc) is 2.27. The average molecular weight is 222 g/mol. The Morgan fingerprint density at radius 1 is 1.50 bits per heavy atom. The zero-order chi connectivity index (χ0) is 11.5. The SMILES string of the molecule is CN1CCC(Cn2cnc(=O)c(N)c2)CC1. The number of hydrogen-bond donors (Lipinski definition) is 1. The topological polar surface area (TPSA) is 64.2 Å². The van der Waals surface area contributed by atoms with Crippen molar-refractivity contribution in [2.24, 2.45) is 5.92 Å². The van der Waals surface area contributed by atoms with E-state index in [-0.39, 0.29) is 11.2 Å². The third-order valence-electron chi connectivity index (χ3n) is 3.18. The number of likely N-dealkylation sites (tertiary alicyclic amines) is 1. The number of hydrogen-bond acceptors (Lipinski definition) is 4. The van der Waals surface area contributed by atoms with E-state index < -0.39 is 0 Å². The Balaban J connectivity index is 1.98. The van der Waals surface area contributed by atoms with Crippen LogP contribution >= 0.6 is 0 Å². The molecule has 0 aliphatic carbocycles. The molecule has 0 unspecified atom stereocenters. The van der Waals surface area contributed by atoms with Crippen LogP contribution in [-0.2, 0) is 6.54 Å². The van der Waals surface area contributed by atoms with Crippen LogP contribution in [0.15, 0.2) is 17.3 Å². The Hall–Kier alpha value is -1.36.